The first kappa shape index (κ1) is 25.9. The van der Waals surface area contributed by atoms with Gasteiger partial charge in [0, 0.05) is 41.5 Å². The van der Waals surface area contributed by atoms with Crippen molar-refractivity contribution < 1.29 is 39.7 Å². The van der Waals surface area contributed by atoms with E-state index in [1.165, 1.54) is 12.1 Å². The zero-order valence-electron chi connectivity index (χ0n) is 19.5. The van der Waals surface area contributed by atoms with Crippen molar-refractivity contribution in [3.63, 3.8) is 0 Å². The van der Waals surface area contributed by atoms with Gasteiger partial charge in [0.25, 0.3) is 0 Å². The molecule has 186 valence electrons. The van der Waals surface area contributed by atoms with Crippen molar-refractivity contribution in [1.82, 2.24) is 4.98 Å². The Morgan fingerprint density at radius 2 is 1.89 bits per heavy atom. The second-order valence-corrected chi connectivity index (χ2v) is 10.0. The van der Waals surface area contributed by atoms with E-state index in [0.29, 0.717) is 22.9 Å². The molecule has 4 heterocycles. The highest BCUT2D eigenvalue weighted by Crippen LogP contribution is 2.48. The van der Waals surface area contributed by atoms with E-state index in [9.17, 15) is 18.3 Å². The molecule has 0 saturated carbocycles. The zero-order chi connectivity index (χ0) is 23.9. The van der Waals surface area contributed by atoms with Gasteiger partial charge in [0.05, 0.1) is 24.2 Å². The predicted molar refractivity (Wildman–Crippen MR) is 127 cm³/mol. The summed E-state index contributed by atoms with van der Waals surface area (Å²) in [5.74, 6) is 1.01. The largest absolute Gasteiger partial charge is 1.00 e. The molecule has 1 N–H and O–H groups in total. The normalized spacial score (nSPS) is 26.8. The van der Waals surface area contributed by atoms with Gasteiger partial charge >= 0.3 is 6.18 Å². The van der Waals surface area contributed by atoms with Crippen LogP contribution in [0.25, 0.3) is 10.9 Å². The maximum absolute atomic E-state index is 13.1. The zero-order valence-corrected chi connectivity index (χ0v) is 21.0. The summed E-state index contributed by atoms with van der Waals surface area (Å²) in [5.41, 5.74) is 1.95. The van der Waals surface area contributed by atoms with Crippen LogP contribution in [0.15, 0.2) is 73.4 Å². The van der Waals surface area contributed by atoms with E-state index in [1.807, 2.05) is 36.4 Å². The number of pyridine rings is 1. The highest BCUT2D eigenvalue weighted by atomic mass is 79.9. The van der Waals surface area contributed by atoms with Crippen LogP contribution in [0.3, 0.4) is 0 Å². The summed E-state index contributed by atoms with van der Waals surface area (Å²) in [4.78, 5) is 4.56. The molecule has 0 amide bonds. The smallest absolute Gasteiger partial charge is 0.416 e. The summed E-state index contributed by atoms with van der Waals surface area (Å²) >= 11 is 0. The Morgan fingerprint density at radius 3 is 2.60 bits per heavy atom. The molecule has 0 radical (unpaired) electrons. The minimum Gasteiger partial charge on any atom is -1.00 e. The number of quaternary nitrogens is 1. The maximum atomic E-state index is 13.1. The van der Waals surface area contributed by atoms with Crippen molar-refractivity contribution in [1.29, 1.82) is 0 Å². The molecule has 3 saturated heterocycles. The number of halogens is 4. The minimum absolute atomic E-state index is 0. The molecule has 6 rings (SSSR count). The van der Waals surface area contributed by atoms with Crippen LogP contribution in [0.1, 0.15) is 42.1 Å². The van der Waals surface area contributed by atoms with E-state index in [-0.39, 0.29) is 23.0 Å². The number of aliphatic hydroxyl groups excluding tert-OH is 1. The molecule has 2 aromatic carbocycles. The summed E-state index contributed by atoms with van der Waals surface area (Å²) in [6, 6.07) is 15.4. The highest BCUT2D eigenvalue weighted by Gasteiger charge is 2.54. The van der Waals surface area contributed by atoms with E-state index < -0.39 is 17.8 Å². The number of benzene rings is 2. The highest BCUT2D eigenvalue weighted by molar-refractivity contribution is 5.78. The molecule has 0 aliphatic carbocycles. The molecule has 3 fully saturated rings. The van der Waals surface area contributed by atoms with Gasteiger partial charge in [0.2, 0.25) is 0 Å². The van der Waals surface area contributed by atoms with Gasteiger partial charge in [-0.05, 0) is 36.6 Å². The number of hydrogen-bond donors (Lipinski definition) is 1. The van der Waals surface area contributed by atoms with Gasteiger partial charge in [0.15, 0.2) is 0 Å². The van der Waals surface area contributed by atoms with Gasteiger partial charge in [-0.25, -0.2) is 0 Å². The number of piperidine rings is 3. The molecule has 3 aliphatic heterocycles. The van der Waals surface area contributed by atoms with Crippen molar-refractivity contribution in [2.45, 2.75) is 44.1 Å². The fourth-order valence-corrected chi connectivity index (χ4v) is 6.32. The van der Waals surface area contributed by atoms with Gasteiger partial charge in [-0.1, -0.05) is 36.4 Å². The monoisotopic (exact) mass is 546 g/mol. The van der Waals surface area contributed by atoms with Crippen molar-refractivity contribution in [2.24, 2.45) is 11.8 Å². The molecule has 2 bridgehead atoms. The lowest BCUT2D eigenvalue weighted by Crippen LogP contribution is -3.00. The van der Waals surface area contributed by atoms with Crippen LogP contribution in [0, 0.1) is 11.8 Å². The second-order valence-electron chi connectivity index (χ2n) is 10.0. The molecule has 3 aliphatic rings. The van der Waals surface area contributed by atoms with Crippen LogP contribution in [-0.4, -0.2) is 33.7 Å². The summed E-state index contributed by atoms with van der Waals surface area (Å²) in [7, 11) is 0. The summed E-state index contributed by atoms with van der Waals surface area (Å²) in [6.45, 7) is 6.37. The molecule has 35 heavy (non-hydrogen) atoms. The third-order valence-corrected chi connectivity index (χ3v) is 8.02. The Labute approximate surface area is 214 Å². The second kappa shape index (κ2) is 10.0. The fourth-order valence-electron chi connectivity index (χ4n) is 6.32. The first-order valence-electron chi connectivity index (χ1n) is 11.9. The van der Waals surface area contributed by atoms with Gasteiger partial charge in [-0.3, -0.25) is 4.98 Å². The number of fused-ring (bicyclic) bond motifs is 4. The third kappa shape index (κ3) is 5.04. The van der Waals surface area contributed by atoms with Gasteiger partial charge in [-0.15, -0.1) is 6.58 Å². The summed E-state index contributed by atoms with van der Waals surface area (Å²) in [5, 5.41) is 12.6. The molecule has 0 spiro atoms. The van der Waals surface area contributed by atoms with Crippen LogP contribution >= 0.6 is 0 Å². The topological polar surface area (TPSA) is 33.1 Å². The quantitative estimate of drug-likeness (QED) is 0.380. The Hall–Kier alpha value is -2.22. The Kier molecular flexibility index (Phi) is 7.41. The number of nitrogens with zero attached hydrogens (tertiary/aromatic N) is 2. The van der Waals surface area contributed by atoms with Gasteiger partial charge < -0.3 is 26.6 Å². The van der Waals surface area contributed by atoms with Crippen molar-refractivity contribution >= 4 is 10.9 Å². The lowest BCUT2D eigenvalue weighted by Gasteiger charge is -2.58. The Balaban J connectivity index is 0.00000289. The summed E-state index contributed by atoms with van der Waals surface area (Å²) < 4.78 is 39.9. The van der Waals surface area contributed by atoms with E-state index in [2.05, 4.69) is 11.6 Å². The average molecular weight is 547 g/mol. The standard InChI is InChI=1S/C28H30F3N2O.BrH/c1-2-5-22-18-33(17-19-8-10-24(11-9-19)28(29,30)31)13-12-20(22)15-26(33)27(34)23-14-21-6-3-4-7-25(21)32-16-23;/h2-4,6-11,14,16,20,22,26-27,34H,1,5,12-13,15,17-18H2;1H/q+1;/p-1/t20-,22?,26+,27-,33+;/m0./s1. The number of allylic oxidation sites excluding steroid dienone is 1. The molecule has 3 nitrogen and oxygen atoms in total. The molecule has 1 aromatic heterocycles. The number of para-hydroxylation sites is 1. The number of rotatable bonds is 6. The lowest BCUT2D eigenvalue weighted by atomic mass is 9.70. The first-order chi connectivity index (χ1) is 16.3. The average Bonchev–Trinajstić information content (AvgIpc) is 2.83. The van der Waals surface area contributed by atoms with Crippen LogP contribution in [0.4, 0.5) is 13.2 Å². The minimum atomic E-state index is -4.34. The molecular formula is C28H30BrF3N2O. The van der Waals surface area contributed by atoms with Crippen LogP contribution in [0.5, 0.6) is 0 Å². The van der Waals surface area contributed by atoms with Crippen LogP contribution < -0.4 is 17.0 Å². The molecule has 7 heteroatoms. The van der Waals surface area contributed by atoms with E-state index in [4.69, 9.17) is 0 Å². The number of hydrogen-bond acceptors (Lipinski definition) is 2. The molecular weight excluding hydrogens is 517 g/mol. The first-order valence-corrected chi connectivity index (χ1v) is 11.9. The number of aliphatic hydroxyl groups is 1. The number of alkyl halides is 3. The Bertz CT molecular complexity index is 1180. The Morgan fingerprint density at radius 1 is 1.14 bits per heavy atom. The molecule has 5 atom stereocenters. The molecule has 1 unspecified atom stereocenters. The third-order valence-electron chi connectivity index (χ3n) is 8.02. The predicted octanol–water partition coefficient (Wildman–Crippen LogP) is 3.29. The van der Waals surface area contributed by atoms with Crippen molar-refractivity contribution in [3.8, 4) is 0 Å². The maximum Gasteiger partial charge on any atom is 0.416 e. The SMILES string of the molecule is C=CCC1C[N@+]2(Cc3ccc(C(F)(F)F)cc3)CC[C@H]1C[C@@H]2[C@@H](O)c1cnc2ccccc2c1.[Br-]. The van der Waals surface area contributed by atoms with Crippen molar-refractivity contribution in [2.75, 3.05) is 13.1 Å². The van der Waals surface area contributed by atoms with Crippen LogP contribution in [0.2, 0.25) is 0 Å². The van der Waals surface area contributed by atoms with E-state index in [0.717, 1.165) is 54.4 Å². The fraction of sp³-hybridized carbons (Fsp3) is 0.393. The van der Waals surface area contributed by atoms with Crippen LogP contribution in [-0.2, 0) is 12.7 Å². The van der Waals surface area contributed by atoms with E-state index in [1.54, 1.807) is 18.3 Å². The molecule has 3 aromatic rings. The lowest BCUT2D eigenvalue weighted by molar-refractivity contribution is -0.985. The van der Waals surface area contributed by atoms with Crippen molar-refractivity contribution in [3.05, 3.63) is 90.1 Å². The van der Waals surface area contributed by atoms with Gasteiger partial charge in [-0.2, -0.15) is 13.2 Å². The van der Waals surface area contributed by atoms with E-state index >= 15 is 0 Å². The number of aromatic nitrogens is 1. The van der Waals surface area contributed by atoms with Gasteiger partial charge in [0.1, 0.15) is 18.7 Å². The summed E-state index contributed by atoms with van der Waals surface area (Å²) in [6.07, 6.45) is 1.61.